The van der Waals surface area contributed by atoms with Crippen molar-refractivity contribution in [3.63, 3.8) is 0 Å². The second kappa shape index (κ2) is 10.8. The predicted molar refractivity (Wildman–Crippen MR) is 132 cm³/mol. The highest BCUT2D eigenvalue weighted by Gasteiger charge is 2.17. The van der Waals surface area contributed by atoms with Gasteiger partial charge in [-0.1, -0.05) is 41.1 Å². The van der Waals surface area contributed by atoms with Gasteiger partial charge in [0.15, 0.2) is 11.0 Å². The Morgan fingerprint density at radius 1 is 1.15 bits per heavy atom. The molecule has 7 nitrogen and oxygen atoms in total. The summed E-state index contributed by atoms with van der Waals surface area (Å²) in [4.78, 5) is 12.3. The van der Waals surface area contributed by atoms with E-state index < -0.39 is 0 Å². The normalized spacial score (nSPS) is 11.5. The van der Waals surface area contributed by atoms with Crippen molar-refractivity contribution in [3.05, 3.63) is 89.3 Å². The molecule has 0 atom stereocenters. The zero-order chi connectivity index (χ0) is 23.0. The highest BCUT2D eigenvalue weighted by atomic mass is 35.5. The molecule has 166 valence electrons. The molecule has 33 heavy (non-hydrogen) atoms. The van der Waals surface area contributed by atoms with Crippen molar-refractivity contribution in [2.45, 2.75) is 12.1 Å². The lowest BCUT2D eigenvalue weighted by atomic mass is 10.2. The average Bonchev–Trinajstić information content (AvgIpc) is 3.49. The first kappa shape index (κ1) is 22.6. The first-order chi connectivity index (χ1) is 16.1. The van der Waals surface area contributed by atoms with Crippen LogP contribution in [0.3, 0.4) is 0 Å². The first-order valence-corrected chi connectivity index (χ1v) is 11.4. The lowest BCUT2D eigenvalue weighted by molar-refractivity contribution is -0.118. The number of allylic oxidation sites excluding steroid dienone is 1. The predicted octanol–water partition coefficient (Wildman–Crippen LogP) is 5.40. The fraction of sp³-hybridized carbons (Fsp3) is 0.0833. The van der Waals surface area contributed by atoms with Crippen molar-refractivity contribution < 1.29 is 9.21 Å². The summed E-state index contributed by atoms with van der Waals surface area (Å²) in [5.41, 5.74) is 5.42. The molecule has 0 saturated carbocycles. The van der Waals surface area contributed by atoms with Crippen LogP contribution in [0.1, 0.15) is 11.3 Å². The summed E-state index contributed by atoms with van der Waals surface area (Å²) >= 11 is 7.32. The van der Waals surface area contributed by atoms with Gasteiger partial charge in [-0.15, -0.1) is 10.2 Å². The Morgan fingerprint density at radius 3 is 2.67 bits per heavy atom. The van der Waals surface area contributed by atoms with Crippen LogP contribution in [0.25, 0.3) is 23.2 Å². The van der Waals surface area contributed by atoms with E-state index in [0.29, 0.717) is 21.8 Å². The maximum Gasteiger partial charge on any atom is 0.250 e. The molecule has 0 aliphatic rings. The molecule has 0 saturated heterocycles. The summed E-state index contributed by atoms with van der Waals surface area (Å²) < 4.78 is 7.11. The molecule has 0 unspecified atom stereocenters. The van der Waals surface area contributed by atoms with Crippen molar-refractivity contribution >= 4 is 41.6 Å². The van der Waals surface area contributed by atoms with Gasteiger partial charge in [0.25, 0.3) is 5.91 Å². The molecule has 2 aromatic heterocycles. The van der Waals surface area contributed by atoms with Crippen LogP contribution in [0, 0.1) is 6.92 Å². The van der Waals surface area contributed by atoms with Crippen molar-refractivity contribution in [3.8, 4) is 17.1 Å². The van der Waals surface area contributed by atoms with Gasteiger partial charge in [-0.25, -0.2) is 5.43 Å². The van der Waals surface area contributed by atoms with Crippen molar-refractivity contribution in [1.29, 1.82) is 0 Å². The molecule has 0 aliphatic heterocycles. The van der Waals surface area contributed by atoms with Gasteiger partial charge in [0, 0.05) is 22.5 Å². The number of amides is 1. The van der Waals surface area contributed by atoms with Crippen molar-refractivity contribution in [2.24, 2.45) is 5.10 Å². The van der Waals surface area contributed by atoms with E-state index in [0.717, 1.165) is 16.8 Å². The minimum atomic E-state index is -0.255. The third-order valence-corrected chi connectivity index (χ3v) is 5.69. The van der Waals surface area contributed by atoms with E-state index in [9.17, 15) is 4.79 Å². The lowest BCUT2D eigenvalue weighted by Gasteiger charge is -2.10. The number of halogens is 1. The van der Waals surface area contributed by atoms with Crippen LogP contribution in [0.5, 0.6) is 0 Å². The maximum atomic E-state index is 12.3. The van der Waals surface area contributed by atoms with Crippen LogP contribution in [-0.4, -0.2) is 32.6 Å². The summed E-state index contributed by atoms with van der Waals surface area (Å²) in [6.07, 6.45) is 6.49. The number of nitrogens with zero attached hydrogens (tertiary/aromatic N) is 4. The molecule has 0 aliphatic carbocycles. The van der Waals surface area contributed by atoms with E-state index in [4.69, 9.17) is 16.0 Å². The number of rotatable bonds is 8. The molecule has 1 N–H and O–H groups in total. The topological polar surface area (TPSA) is 85.3 Å². The number of aryl methyl sites for hydroxylation is 1. The van der Waals surface area contributed by atoms with Gasteiger partial charge in [-0.3, -0.25) is 9.36 Å². The monoisotopic (exact) mass is 477 g/mol. The molecule has 2 heterocycles. The number of carbonyl (C=O) groups excluding carboxylic acids is 1. The lowest BCUT2D eigenvalue weighted by Crippen LogP contribution is -2.19. The number of furan rings is 1. The molecule has 0 bridgehead atoms. The third-order valence-electron chi connectivity index (χ3n) is 4.51. The molecular formula is C24H20ClN5O2S. The van der Waals surface area contributed by atoms with E-state index in [1.807, 2.05) is 66.1 Å². The quantitative estimate of drug-likeness (QED) is 0.209. The maximum absolute atomic E-state index is 12.3. The summed E-state index contributed by atoms with van der Waals surface area (Å²) in [6.45, 7) is 2.03. The minimum absolute atomic E-state index is 0.129. The van der Waals surface area contributed by atoms with Crippen LogP contribution in [0.15, 0.2) is 87.7 Å². The summed E-state index contributed by atoms with van der Waals surface area (Å²) in [5.74, 6) is 1.24. The Morgan fingerprint density at radius 2 is 1.94 bits per heavy atom. The number of thioether (sulfide) groups is 1. The molecule has 0 radical (unpaired) electrons. The standard InChI is InChI=1S/C24H20ClN5O2S/c1-17-6-12-20(13-7-17)30-23(18-8-10-19(25)11-9-18)28-29-24(30)33-16-22(31)27-26-14-2-4-21-5-3-15-32-21/h2-15H,16H2,1H3,(H,27,31)/b4-2-,26-14+. The smallest absolute Gasteiger partial charge is 0.250 e. The fourth-order valence-electron chi connectivity index (χ4n) is 2.91. The molecule has 0 spiro atoms. The Bertz CT molecular complexity index is 1260. The second-order valence-corrected chi connectivity index (χ2v) is 8.34. The highest BCUT2D eigenvalue weighted by Crippen LogP contribution is 2.28. The summed E-state index contributed by atoms with van der Waals surface area (Å²) in [5, 5.41) is 13.9. The Balaban J connectivity index is 1.47. The second-order valence-electron chi connectivity index (χ2n) is 6.96. The van der Waals surface area contributed by atoms with Gasteiger partial charge in [0.1, 0.15) is 5.76 Å². The Kier molecular flexibility index (Phi) is 7.39. The number of carbonyl (C=O) groups is 1. The number of hydrazone groups is 1. The zero-order valence-electron chi connectivity index (χ0n) is 17.7. The van der Waals surface area contributed by atoms with E-state index in [2.05, 4.69) is 20.7 Å². The highest BCUT2D eigenvalue weighted by molar-refractivity contribution is 7.99. The van der Waals surface area contributed by atoms with Gasteiger partial charge >= 0.3 is 0 Å². The van der Waals surface area contributed by atoms with Crippen LogP contribution in [0.2, 0.25) is 5.02 Å². The van der Waals surface area contributed by atoms with E-state index in [1.54, 1.807) is 24.5 Å². The van der Waals surface area contributed by atoms with Gasteiger partial charge in [0.05, 0.1) is 12.0 Å². The van der Waals surface area contributed by atoms with Gasteiger partial charge < -0.3 is 4.42 Å². The third kappa shape index (κ3) is 6.00. The average molecular weight is 478 g/mol. The Labute approximate surface area is 200 Å². The van der Waals surface area contributed by atoms with E-state index >= 15 is 0 Å². The van der Waals surface area contributed by atoms with Crippen molar-refractivity contribution in [1.82, 2.24) is 20.2 Å². The number of hydrogen-bond donors (Lipinski definition) is 1. The first-order valence-electron chi connectivity index (χ1n) is 10.0. The molecule has 1 amide bonds. The zero-order valence-corrected chi connectivity index (χ0v) is 19.3. The molecule has 4 rings (SSSR count). The SMILES string of the molecule is Cc1ccc(-n2c(SCC(=O)N/N=C/C=C\c3ccco3)nnc2-c2ccc(Cl)cc2)cc1. The fourth-order valence-corrected chi connectivity index (χ4v) is 3.78. The van der Waals surface area contributed by atoms with Gasteiger partial charge in [-0.2, -0.15) is 5.10 Å². The van der Waals surface area contributed by atoms with Gasteiger partial charge in [0.2, 0.25) is 0 Å². The Hall–Kier alpha value is -3.62. The molecule has 4 aromatic rings. The van der Waals surface area contributed by atoms with Crippen LogP contribution in [0.4, 0.5) is 0 Å². The molecule has 0 fully saturated rings. The van der Waals surface area contributed by atoms with E-state index in [-0.39, 0.29) is 11.7 Å². The van der Waals surface area contributed by atoms with Gasteiger partial charge in [-0.05, 0) is 67.6 Å². The van der Waals surface area contributed by atoms with Crippen LogP contribution in [-0.2, 0) is 4.79 Å². The minimum Gasteiger partial charge on any atom is -0.465 e. The molecule has 9 heteroatoms. The number of aromatic nitrogens is 3. The van der Waals surface area contributed by atoms with Crippen LogP contribution < -0.4 is 5.43 Å². The van der Waals surface area contributed by atoms with Crippen molar-refractivity contribution in [2.75, 3.05) is 5.75 Å². The van der Waals surface area contributed by atoms with Crippen LogP contribution >= 0.6 is 23.4 Å². The number of benzene rings is 2. The number of nitrogens with one attached hydrogen (secondary N) is 1. The summed E-state index contributed by atoms with van der Waals surface area (Å²) in [7, 11) is 0. The van der Waals surface area contributed by atoms with E-state index in [1.165, 1.54) is 18.0 Å². The largest absolute Gasteiger partial charge is 0.465 e. The summed E-state index contributed by atoms with van der Waals surface area (Å²) in [6, 6.07) is 19.1. The number of hydrogen-bond acceptors (Lipinski definition) is 6. The molecular weight excluding hydrogens is 458 g/mol. The molecule has 2 aromatic carbocycles.